The number of benzene rings is 1. The summed E-state index contributed by atoms with van der Waals surface area (Å²) in [6.07, 6.45) is 1.57. The summed E-state index contributed by atoms with van der Waals surface area (Å²) in [4.78, 5) is 2.25. The lowest BCUT2D eigenvalue weighted by Crippen LogP contribution is -2.49. The van der Waals surface area contributed by atoms with Gasteiger partial charge in [0.1, 0.15) is 0 Å². The largest absolute Gasteiger partial charge is 0.387 e. The van der Waals surface area contributed by atoms with Crippen molar-refractivity contribution in [1.82, 2.24) is 4.90 Å². The van der Waals surface area contributed by atoms with Gasteiger partial charge in [0.15, 0.2) is 5.79 Å². The molecule has 2 saturated heterocycles. The first-order valence-electron chi connectivity index (χ1n) is 7.42. The summed E-state index contributed by atoms with van der Waals surface area (Å²) in [5, 5.41) is 10.4. The van der Waals surface area contributed by atoms with Gasteiger partial charge in [-0.3, -0.25) is 4.90 Å². The summed E-state index contributed by atoms with van der Waals surface area (Å²) >= 11 is 0. The minimum atomic E-state index is -0.452. The van der Waals surface area contributed by atoms with Crippen molar-refractivity contribution < 1.29 is 14.6 Å². The highest BCUT2D eigenvalue weighted by molar-refractivity contribution is 5.23. The second-order valence-corrected chi connectivity index (χ2v) is 5.87. The number of rotatable bonds is 3. The molecule has 110 valence electrons. The standard InChI is InChI=1S/C16H23NO3/c1-13-3-5-14(6-4-13)15(18)11-17-8-2-7-16(12-17)19-9-10-20-16/h3-6,15,18H,2,7-12H2,1H3. The van der Waals surface area contributed by atoms with Crippen molar-refractivity contribution >= 4 is 0 Å². The lowest BCUT2D eigenvalue weighted by atomic mass is 10.0. The van der Waals surface area contributed by atoms with E-state index in [-0.39, 0.29) is 0 Å². The average molecular weight is 277 g/mol. The molecule has 4 nitrogen and oxygen atoms in total. The Morgan fingerprint density at radius 3 is 2.65 bits per heavy atom. The Hall–Kier alpha value is -0.940. The quantitative estimate of drug-likeness (QED) is 0.916. The topological polar surface area (TPSA) is 41.9 Å². The van der Waals surface area contributed by atoms with E-state index in [4.69, 9.17) is 9.47 Å². The molecule has 0 radical (unpaired) electrons. The third-order valence-electron chi connectivity index (χ3n) is 4.20. The Morgan fingerprint density at radius 1 is 1.25 bits per heavy atom. The maximum Gasteiger partial charge on any atom is 0.181 e. The number of ether oxygens (including phenoxy) is 2. The number of aryl methyl sites for hydroxylation is 1. The first-order chi connectivity index (χ1) is 9.67. The van der Waals surface area contributed by atoms with E-state index in [1.807, 2.05) is 24.3 Å². The zero-order chi connectivity index (χ0) is 14.0. The number of piperidine rings is 1. The Balaban J connectivity index is 1.60. The number of hydrogen-bond acceptors (Lipinski definition) is 4. The molecule has 1 atom stereocenters. The van der Waals surface area contributed by atoms with Crippen LogP contribution in [-0.4, -0.2) is 48.6 Å². The Bertz CT molecular complexity index is 440. The maximum absolute atomic E-state index is 10.4. The van der Waals surface area contributed by atoms with Crippen LogP contribution in [0.3, 0.4) is 0 Å². The third-order valence-corrected chi connectivity index (χ3v) is 4.20. The van der Waals surface area contributed by atoms with Gasteiger partial charge in [-0.25, -0.2) is 0 Å². The summed E-state index contributed by atoms with van der Waals surface area (Å²) in [7, 11) is 0. The summed E-state index contributed by atoms with van der Waals surface area (Å²) in [5.41, 5.74) is 2.19. The van der Waals surface area contributed by atoms with E-state index in [0.717, 1.165) is 31.5 Å². The van der Waals surface area contributed by atoms with E-state index in [2.05, 4.69) is 11.8 Å². The van der Waals surface area contributed by atoms with Crippen LogP contribution in [0.5, 0.6) is 0 Å². The molecule has 1 unspecified atom stereocenters. The molecule has 2 aliphatic heterocycles. The van der Waals surface area contributed by atoms with Crippen LogP contribution >= 0.6 is 0 Å². The first-order valence-corrected chi connectivity index (χ1v) is 7.42. The van der Waals surface area contributed by atoms with Crippen LogP contribution in [0.25, 0.3) is 0 Å². The van der Waals surface area contributed by atoms with Gasteiger partial charge in [-0.2, -0.15) is 0 Å². The van der Waals surface area contributed by atoms with E-state index in [0.29, 0.717) is 19.8 Å². The Labute approximate surface area is 120 Å². The fourth-order valence-electron chi connectivity index (χ4n) is 3.10. The predicted molar refractivity (Wildman–Crippen MR) is 76.4 cm³/mol. The minimum absolute atomic E-state index is 0.411. The summed E-state index contributed by atoms with van der Waals surface area (Å²) in [6, 6.07) is 8.09. The molecule has 0 amide bonds. The predicted octanol–water partition coefficient (Wildman–Crippen LogP) is 1.87. The van der Waals surface area contributed by atoms with Crippen molar-refractivity contribution in [3.8, 4) is 0 Å². The zero-order valence-electron chi connectivity index (χ0n) is 12.0. The Morgan fingerprint density at radius 2 is 1.95 bits per heavy atom. The summed E-state index contributed by atoms with van der Waals surface area (Å²) < 4.78 is 11.5. The highest BCUT2D eigenvalue weighted by Crippen LogP contribution is 2.30. The van der Waals surface area contributed by atoms with Gasteiger partial charge >= 0.3 is 0 Å². The van der Waals surface area contributed by atoms with Crippen LogP contribution in [0.4, 0.5) is 0 Å². The highest BCUT2D eigenvalue weighted by Gasteiger charge is 2.40. The van der Waals surface area contributed by atoms with Crippen molar-refractivity contribution in [2.45, 2.75) is 31.7 Å². The van der Waals surface area contributed by atoms with E-state index in [1.165, 1.54) is 5.56 Å². The lowest BCUT2D eigenvalue weighted by Gasteiger charge is -2.39. The fraction of sp³-hybridized carbons (Fsp3) is 0.625. The van der Waals surface area contributed by atoms with Crippen LogP contribution in [-0.2, 0) is 9.47 Å². The van der Waals surface area contributed by atoms with Gasteiger partial charge in [-0.05, 0) is 25.5 Å². The van der Waals surface area contributed by atoms with Crippen molar-refractivity contribution in [3.63, 3.8) is 0 Å². The lowest BCUT2D eigenvalue weighted by molar-refractivity contribution is -0.191. The number of likely N-dealkylation sites (tertiary alicyclic amines) is 1. The number of nitrogens with zero attached hydrogens (tertiary/aromatic N) is 1. The molecule has 2 aliphatic rings. The number of hydrogen-bond donors (Lipinski definition) is 1. The van der Waals surface area contributed by atoms with Crippen molar-refractivity contribution in [2.24, 2.45) is 0 Å². The molecule has 3 rings (SSSR count). The van der Waals surface area contributed by atoms with Gasteiger partial charge in [0, 0.05) is 13.0 Å². The molecule has 1 N–H and O–H groups in total. The number of aliphatic hydroxyl groups is 1. The molecule has 4 heteroatoms. The van der Waals surface area contributed by atoms with Crippen molar-refractivity contribution in [3.05, 3.63) is 35.4 Å². The molecule has 0 aliphatic carbocycles. The van der Waals surface area contributed by atoms with Crippen molar-refractivity contribution in [2.75, 3.05) is 32.8 Å². The molecule has 1 aromatic rings. The van der Waals surface area contributed by atoms with Crippen molar-refractivity contribution in [1.29, 1.82) is 0 Å². The van der Waals surface area contributed by atoms with Crippen LogP contribution in [0.2, 0.25) is 0 Å². The molecular formula is C16H23NO3. The molecule has 1 spiro atoms. The van der Waals surface area contributed by atoms with Gasteiger partial charge in [-0.1, -0.05) is 29.8 Å². The zero-order valence-corrected chi connectivity index (χ0v) is 12.0. The summed E-state index contributed by atoms with van der Waals surface area (Å²) in [5.74, 6) is -0.411. The average Bonchev–Trinajstić information content (AvgIpc) is 2.87. The SMILES string of the molecule is Cc1ccc(C(O)CN2CCCC3(C2)OCCO3)cc1. The number of β-amino-alcohol motifs (C(OH)–C–C–N with tert-alkyl or cyclic N) is 1. The smallest absolute Gasteiger partial charge is 0.181 e. The fourth-order valence-corrected chi connectivity index (χ4v) is 3.10. The van der Waals surface area contributed by atoms with E-state index in [1.54, 1.807) is 0 Å². The monoisotopic (exact) mass is 277 g/mol. The molecule has 1 aromatic carbocycles. The van der Waals surface area contributed by atoms with E-state index in [9.17, 15) is 5.11 Å². The van der Waals surface area contributed by atoms with Gasteiger partial charge in [0.2, 0.25) is 0 Å². The Kier molecular flexibility index (Phi) is 4.08. The molecule has 2 heterocycles. The van der Waals surface area contributed by atoms with Crippen LogP contribution < -0.4 is 0 Å². The molecule has 20 heavy (non-hydrogen) atoms. The van der Waals surface area contributed by atoms with Gasteiger partial charge < -0.3 is 14.6 Å². The van der Waals surface area contributed by atoms with Crippen LogP contribution in [0, 0.1) is 6.92 Å². The molecule has 0 bridgehead atoms. The highest BCUT2D eigenvalue weighted by atomic mass is 16.7. The van der Waals surface area contributed by atoms with Gasteiger partial charge in [-0.15, -0.1) is 0 Å². The second-order valence-electron chi connectivity index (χ2n) is 5.87. The van der Waals surface area contributed by atoms with E-state index >= 15 is 0 Å². The molecule has 0 saturated carbocycles. The maximum atomic E-state index is 10.4. The molecular weight excluding hydrogens is 254 g/mol. The van der Waals surface area contributed by atoms with Gasteiger partial charge in [0.05, 0.1) is 25.9 Å². The normalized spacial score (nSPS) is 24.1. The summed E-state index contributed by atoms with van der Waals surface area (Å²) in [6.45, 7) is 5.83. The van der Waals surface area contributed by atoms with Crippen LogP contribution in [0.15, 0.2) is 24.3 Å². The first kappa shape index (κ1) is 14.0. The van der Waals surface area contributed by atoms with Crippen LogP contribution in [0.1, 0.15) is 30.1 Å². The molecule has 0 aromatic heterocycles. The van der Waals surface area contributed by atoms with E-state index < -0.39 is 11.9 Å². The number of aliphatic hydroxyl groups excluding tert-OH is 1. The second kappa shape index (κ2) is 5.82. The minimum Gasteiger partial charge on any atom is -0.387 e. The van der Waals surface area contributed by atoms with Gasteiger partial charge in [0.25, 0.3) is 0 Å². The molecule has 2 fully saturated rings. The third kappa shape index (κ3) is 3.04.